The number of nitrogens with zero attached hydrogens (tertiary/aromatic N) is 1. The third-order valence-electron chi connectivity index (χ3n) is 4.03. The van der Waals surface area contributed by atoms with Crippen LogP contribution in [-0.2, 0) is 13.1 Å². The molecule has 0 saturated heterocycles. The highest BCUT2D eigenvalue weighted by molar-refractivity contribution is 5.80. The van der Waals surface area contributed by atoms with Crippen LogP contribution in [-0.4, -0.2) is 18.6 Å². The van der Waals surface area contributed by atoms with Crippen LogP contribution < -0.4 is 10.4 Å². The summed E-state index contributed by atoms with van der Waals surface area (Å²) in [6, 6.07) is 13.8. The second kappa shape index (κ2) is 7.66. The Balaban J connectivity index is 1.75. The van der Waals surface area contributed by atoms with Crippen molar-refractivity contribution < 1.29 is 17.9 Å². The molecule has 0 atom stereocenters. The summed E-state index contributed by atoms with van der Waals surface area (Å²) in [6.45, 7) is 0.271. The summed E-state index contributed by atoms with van der Waals surface area (Å²) >= 11 is 0. The lowest BCUT2D eigenvalue weighted by atomic mass is 10.1. The number of ether oxygens (including phenoxy) is 1. The Labute approximate surface area is 149 Å². The van der Waals surface area contributed by atoms with Crippen molar-refractivity contribution in [1.82, 2.24) is 4.90 Å². The van der Waals surface area contributed by atoms with Crippen LogP contribution in [0.2, 0.25) is 0 Å². The summed E-state index contributed by atoms with van der Waals surface area (Å²) in [6.07, 6.45) is 0. The van der Waals surface area contributed by atoms with Crippen molar-refractivity contribution in [3.8, 4) is 5.75 Å². The molecule has 0 aliphatic rings. The number of hydrogen-bond donors (Lipinski definition) is 0. The molecule has 3 aromatic rings. The van der Waals surface area contributed by atoms with Gasteiger partial charge in [0.25, 0.3) is 0 Å². The summed E-state index contributed by atoms with van der Waals surface area (Å²) < 4.78 is 34.0. The predicted molar refractivity (Wildman–Crippen MR) is 95.5 cm³/mol. The highest BCUT2D eigenvalue weighted by Crippen LogP contribution is 2.21. The lowest BCUT2D eigenvalue weighted by Crippen LogP contribution is -2.18. The van der Waals surface area contributed by atoms with Gasteiger partial charge in [0.2, 0.25) is 0 Å². The molecule has 0 fully saturated rings. The van der Waals surface area contributed by atoms with E-state index in [0.717, 1.165) is 22.1 Å². The molecule has 0 spiro atoms. The van der Waals surface area contributed by atoms with E-state index in [-0.39, 0.29) is 11.4 Å². The van der Waals surface area contributed by atoms with E-state index in [1.807, 2.05) is 37.1 Å². The maximum atomic E-state index is 12.2. The minimum absolute atomic E-state index is 0.133. The molecule has 0 radical (unpaired) electrons. The Morgan fingerprint density at radius 2 is 1.81 bits per heavy atom. The number of alkyl halides is 2. The second-order valence-corrected chi connectivity index (χ2v) is 6.29. The predicted octanol–water partition coefficient (Wildman–Crippen LogP) is 4.33. The quantitative estimate of drug-likeness (QED) is 0.614. The summed E-state index contributed by atoms with van der Waals surface area (Å²) in [7, 11) is 1.93. The molecular weight excluding hydrogens is 340 g/mol. The minimum atomic E-state index is -2.83. The number of benzene rings is 2. The molecule has 0 aliphatic heterocycles. The van der Waals surface area contributed by atoms with Crippen LogP contribution in [0, 0.1) is 6.92 Å². The normalized spacial score (nSPS) is 11.5. The number of fused-ring (bicyclic) bond motifs is 1. The van der Waals surface area contributed by atoms with Gasteiger partial charge >= 0.3 is 12.2 Å². The van der Waals surface area contributed by atoms with Crippen molar-refractivity contribution >= 4 is 11.0 Å². The van der Waals surface area contributed by atoms with Crippen molar-refractivity contribution in [3.63, 3.8) is 0 Å². The second-order valence-electron chi connectivity index (χ2n) is 6.29. The van der Waals surface area contributed by atoms with E-state index in [1.165, 1.54) is 18.2 Å². The van der Waals surface area contributed by atoms with Crippen molar-refractivity contribution in [2.75, 3.05) is 7.05 Å². The average molecular weight is 359 g/mol. The first-order valence-electron chi connectivity index (χ1n) is 8.16. The third-order valence-corrected chi connectivity index (χ3v) is 4.03. The molecule has 0 amide bonds. The fourth-order valence-electron chi connectivity index (χ4n) is 2.90. The van der Waals surface area contributed by atoms with Gasteiger partial charge in [-0.15, -0.1) is 0 Å². The minimum Gasteiger partial charge on any atom is -0.435 e. The lowest BCUT2D eigenvalue weighted by molar-refractivity contribution is -0.0498. The number of rotatable bonds is 6. The molecule has 2 aromatic carbocycles. The largest absolute Gasteiger partial charge is 0.435 e. The van der Waals surface area contributed by atoms with Gasteiger partial charge in [-0.05, 0) is 48.9 Å². The Hall–Kier alpha value is -2.73. The van der Waals surface area contributed by atoms with Crippen molar-refractivity contribution in [2.24, 2.45) is 0 Å². The maximum Gasteiger partial charge on any atom is 0.387 e. The van der Waals surface area contributed by atoms with Gasteiger partial charge in [-0.2, -0.15) is 8.78 Å². The molecule has 0 unspecified atom stereocenters. The fourth-order valence-corrected chi connectivity index (χ4v) is 2.90. The van der Waals surface area contributed by atoms with E-state index in [9.17, 15) is 13.6 Å². The summed E-state index contributed by atoms with van der Waals surface area (Å²) in [5, 5.41) is 0.905. The Morgan fingerprint density at radius 3 is 2.50 bits per heavy atom. The third kappa shape index (κ3) is 4.46. The van der Waals surface area contributed by atoms with Gasteiger partial charge in [-0.1, -0.05) is 24.3 Å². The van der Waals surface area contributed by atoms with E-state index >= 15 is 0 Å². The van der Waals surface area contributed by atoms with Crippen LogP contribution in [0.25, 0.3) is 11.0 Å². The first-order chi connectivity index (χ1) is 12.4. The lowest BCUT2D eigenvalue weighted by Gasteiger charge is -2.18. The first-order valence-corrected chi connectivity index (χ1v) is 8.16. The molecule has 6 heteroatoms. The molecule has 0 saturated carbocycles. The molecule has 136 valence electrons. The molecule has 0 bridgehead atoms. The van der Waals surface area contributed by atoms with E-state index < -0.39 is 6.61 Å². The van der Waals surface area contributed by atoms with E-state index in [2.05, 4.69) is 4.74 Å². The summed E-state index contributed by atoms with van der Waals surface area (Å²) in [5.41, 5.74) is 3.07. The van der Waals surface area contributed by atoms with Crippen LogP contribution >= 0.6 is 0 Å². The monoisotopic (exact) mass is 359 g/mol. The van der Waals surface area contributed by atoms with Gasteiger partial charge in [0.1, 0.15) is 11.3 Å². The Morgan fingerprint density at radius 1 is 1.08 bits per heavy atom. The number of hydrogen-bond acceptors (Lipinski definition) is 4. The molecule has 0 aliphatic carbocycles. The standard InChI is InChI=1S/C20H19F2NO3/c1-13-3-8-17-15(10-19(24)26-18(17)9-13)12-23(2)11-14-4-6-16(7-5-14)25-20(21)22/h3-10,20H,11-12H2,1-2H3. The van der Waals surface area contributed by atoms with Gasteiger partial charge < -0.3 is 9.15 Å². The summed E-state index contributed by atoms with van der Waals surface area (Å²) in [4.78, 5) is 13.9. The van der Waals surface area contributed by atoms with Crippen molar-refractivity contribution in [2.45, 2.75) is 26.6 Å². The van der Waals surface area contributed by atoms with Gasteiger partial charge in [0.05, 0.1) is 0 Å². The molecular formula is C20H19F2NO3. The van der Waals surface area contributed by atoms with Gasteiger partial charge in [0, 0.05) is 24.5 Å². The van der Waals surface area contributed by atoms with Crippen LogP contribution in [0.5, 0.6) is 5.75 Å². The molecule has 1 heterocycles. The van der Waals surface area contributed by atoms with Gasteiger partial charge in [0.15, 0.2) is 0 Å². The Bertz CT molecular complexity index is 951. The van der Waals surface area contributed by atoms with Crippen LogP contribution in [0.1, 0.15) is 16.7 Å². The molecule has 0 N–H and O–H groups in total. The van der Waals surface area contributed by atoms with Gasteiger partial charge in [-0.3, -0.25) is 4.90 Å². The van der Waals surface area contributed by atoms with Crippen molar-refractivity contribution in [1.29, 1.82) is 0 Å². The number of aryl methyl sites for hydroxylation is 1. The molecule has 26 heavy (non-hydrogen) atoms. The van der Waals surface area contributed by atoms with Crippen LogP contribution in [0.15, 0.2) is 57.7 Å². The number of halogens is 2. The molecule has 4 nitrogen and oxygen atoms in total. The van der Waals surface area contributed by atoms with Gasteiger partial charge in [-0.25, -0.2) is 4.79 Å². The zero-order chi connectivity index (χ0) is 18.7. The van der Waals surface area contributed by atoms with E-state index in [4.69, 9.17) is 4.42 Å². The van der Waals surface area contributed by atoms with E-state index in [1.54, 1.807) is 12.1 Å². The Kier molecular flexibility index (Phi) is 5.32. The smallest absolute Gasteiger partial charge is 0.387 e. The maximum absolute atomic E-state index is 12.2. The van der Waals surface area contributed by atoms with E-state index in [0.29, 0.717) is 18.7 Å². The summed E-state index contributed by atoms with van der Waals surface area (Å²) in [5.74, 6) is 0.133. The fraction of sp³-hybridized carbons (Fsp3) is 0.250. The van der Waals surface area contributed by atoms with Crippen LogP contribution in [0.3, 0.4) is 0 Å². The molecule has 3 rings (SSSR count). The SMILES string of the molecule is Cc1ccc2c(CN(C)Cc3ccc(OC(F)F)cc3)cc(=O)oc2c1. The van der Waals surface area contributed by atoms with Crippen LogP contribution in [0.4, 0.5) is 8.78 Å². The average Bonchev–Trinajstić information content (AvgIpc) is 2.55. The zero-order valence-electron chi connectivity index (χ0n) is 14.5. The topological polar surface area (TPSA) is 42.7 Å². The highest BCUT2D eigenvalue weighted by atomic mass is 19.3. The zero-order valence-corrected chi connectivity index (χ0v) is 14.5. The van der Waals surface area contributed by atoms with Crippen molar-refractivity contribution in [3.05, 3.63) is 75.6 Å². The molecule has 1 aromatic heterocycles. The highest BCUT2D eigenvalue weighted by Gasteiger charge is 2.10. The first kappa shape index (κ1) is 18.1.